The van der Waals surface area contributed by atoms with Crippen molar-refractivity contribution in [2.75, 3.05) is 4.72 Å². The number of hydrogen-bond donors (Lipinski definition) is 1. The Morgan fingerprint density at radius 3 is 2.45 bits per heavy atom. The highest BCUT2D eigenvalue weighted by Gasteiger charge is 2.19. The highest BCUT2D eigenvalue weighted by atomic mass is 35.5. The minimum Gasteiger partial charge on any atom is -0.279 e. The topological polar surface area (TPSA) is 46.2 Å². The molecule has 2 aromatic carbocycles. The Labute approximate surface area is 122 Å². The Morgan fingerprint density at radius 1 is 1.10 bits per heavy atom. The van der Waals surface area contributed by atoms with E-state index in [0.717, 1.165) is 29.3 Å². The predicted molar refractivity (Wildman–Crippen MR) is 78.1 cm³/mol. The Bertz CT molecular complexity index is 760. The maximum Gasteiger partial charge on any atom is 0.263 e. The van der Waals surface area contributed by atoms with Crippen LogP contribution in [-0.4, -0.2) is 8.42 Å². The maximum atomic E-state index is 13.0. The average molecular weight is 314 g/mol. The Balaban J connectivity index is 2.43. The van der Waals surface area contributed by atoms with E-state index in [1.54, 1.807) is 13.0 Å². The summed E-state index contributed by atoms with van der Waals surface area (Å²) in [6.45, 7) is 3.66. The summed E-state index contributed by atoms with van der Waals surface area (Å²) in [4.78, 5) is -0.151. The minimum absolute atomic E-state index is 0.150. The van der Waals surface area contributed by atoms with E-state index in [1.807, 2.05) is 19.1 Å². The molecule has 0 saturated carbocycles. The molecule has 0 unspecified atom stereocenters. The molecule has 0 aliphatic rings. The first-order valence-corrected chi connectivity index (χ1v) is 7.71. The van der Waals surface area contributed by atoms with Gasteiger partial charge in [-0.15, -0.1) is 0 Å². The second kappa shape index (κ2) is 5.42. The molecule has 0 bridgehead atoms. The standard InChI is InChI=1S/C14H13ClFNO2S/c1-9-3-4-10(2)13(7-9)17-20(18,19)14-6-5-11(16)8-12(14)15/h3-8,17H,1-2H3. The fraction of sp³-hybridized carbons (Fsp3) is 0.143. The number of anilines is 1. The summed E-state index contributed by atoms with van der Waals surface area (Å²) in [5, 5.41) is -0.150. The van der Waals surface area contributed by atoms with Gasteiger partial charge in [0.2, 0.25) is 0 Å². The van der Waals surface area contributed by atoms with Gasteiger partial charge in [-0.05, 0) is 49.2 Å². The van der Waals surface area contributed by atoms with E-state index in [4.69, 9.17) is 11.6 Å². The SMILES string of the molecule is Cc1ccc(C)c(NS(=O)(=O)c2ccc(F)cc2Cl)c1. The van der Waals surface area contributed by atoms with Crippen molar-refractivity contribution in [2.24, 2.45) is 0 Å². The van der Waals surface area contributed by atoms with Gasteiger partial charge in [0.1, 0.15) is 10.7 Å². The molecule has 6 heteroatoms. The lowest BCUT2D eigenvalue weighted by atomic mass is 10.1. The van der Waals surface area contributed by atoms with E-state index in [0.29, 0.717) is 5.69 Å². The van der Waals surface area contributed by atoms with Crippen LogP contribution < -0.4 is 4.72 Å². The highest BCUT2D eigenvalue weighted by Crippen LogP contribution is 2.26. The molecule has 2 rings (SSSR count). The van der Waals surface area contributed by atoms with Crippen LogP contribution >= 0.6 is 11.6 Å². The lowest BCUT2D eigenvalue weighted by Crippen LogP contribution is -2.14. The quantitative estimate of drug-likeness (QED) is 0.934. The third kappa shape index (κ3) is 3.11. The number of nitrogens with one attached hydrogen (secondary N) is 1. The third-order valence-electron chi connectivity index (χ3n) is 2.82. The zero-order chi connectivity index (χ0) is 14.9. The lowest BCUT2D eigenvalue weighted by Gasteiger charge is -2.12. The Kier molecular flexibility index (Phi) is 4.01. The van der Waals surface area contributed by atoms with E-state index in [9.17, 15) is 12.8 Å². The predicted octanol–water partition coefficient (Wildman–Crippen LogP) is 3.90. The van der Waals surface area contributed by atoms with E-state index in [-0.39, 0.29) is 9.92 Å². The van der Waals surface area contributed by atoms with Crippen LogP contribution in [-0.2, 0) is 10.0 Å². The fourth-order valence-corrected chi connectivity index (χ4v) is 3.39. The van der Waals surface area contributed by atoms with Gasteiger partial charge >= 0.3 is 0 Å². The molecule has 0 heterocycles. The molecule has 106 valence electrons. The number of halogens is 2. The molecule has 1 N–H and O–H groups in total. The van der Waals surface area contributed by atoms with Crippen LogP contribution in [0, 0.1) is 19.7 Å². The molecule has 3 nitrogen and oxygen atoms in total. The van der Waals surface area contributed by atoms with Crippen LogP contribution in [0.25, 0.3) is 0 Å². The average Bonchev–Trinajstić information content (AvgIpc) is 2.33. The molecule has 0 aliphatic carbocycles. The first-order chi connectivity index (χ1) is 9.29. The van der Waals surface area contributed by atoms with Crippen molar-refractivity contribution in [2.45, 2.75) is 18.7 Å². The molecule has 0 fully saturated rings. The Hall–Kier alpha value is -1.59. The summed E-state index contributed by atoms with van der Waals surface area (Å²) in [5.41, 5.74) is 2.20. The minimum atomic E-state index is -3.85. The molecule has 0 radical (unpaired) electrons. The first kappa shape index (κ1) is 14.8. The van der Waals surface area contributed by atoms with Gasteiger partial charge in [0.25, 0.3) is 10.0 Å². The van der Waals surface area contributed by atoms with Gasteiger partial charge in [-0.3, -0.25) is 4.72 Å². The molecule has 0 saturated heterocycles. The van der Waals surface area contributed by atoms with Crippen LogP contribution in [0.3, 0.4) is 0 Å². The third-order valence-corrected chi connectivity index (χ3v) is 4.67. The van der Waals surface area contributed by atoms with Gasteiger partial charge in [0, 0.05) is 0 Å². The zero-order valence-corrected chi connectivity index (χ0v) is 12.5. The number of rotatable bonds is 3. The van der Waals surface area contributed by atoms with E-state index >= 15 is 0 Å². The number of sulfonamides is 1. The first-order valence-electron chi connectivity index (χ1n) is 5.85. The smallest absolute Gasteiger partial charge is 0.263 e. The molecule has 0 aliphatic heterocycles. The molecular formula is C14H13ClFNO2S. The van der Waals surface area contributed by atoms with E-state index in [1.165, 1.54) is 0 Å². The van der Waals surface area contributed by atoms with Crippen molar-refractivity contribution in [1.82, 2.24) is 0 Å². The molecule has 2 aromatic rings. The number of aryl methyl sites for hydroxylation is 2. The van der Waals surface area contributed by atoms with Crippen molar-refractivity contribution in [3.05, 3.63) is 58.4 Å². The largest absolute Gasteiger partial charge is 0.279 e. The molecule has 0 amide bonds. The van der Waals surface area contributed by atoms with Gasteiger partial charge in [-0.2, -0.15) is 0 Å². The van der Waals surface area contributed by atoms with Crippen LogP contribution in [0.2, 0.25) is 5.02 Å². The second-order valence-electron chi connectivity index (χ2n) is 4.50. The Morgan fingerprint density at radius 2 is 1.80 bits per heavy atom. The van der Waals surface area contributed by atoms with Crippen LogP contribution in [0.5, 0.6) is 0 Å². The van der Waals surface area contributed by atoms with Crippen LogP contribution in [0.4, 0.5) is 10.1 Å². The van der Waals surface area contributed by atoms with Gasteiger partial charge in [0.15, 0.2) is 0 Å². The highest BCUT2D eigenvalue weighted by molar-refractivity contribution is 7.92. The summed E-state index contributed by atoms with van der Waals surface area (Å²) in [6.07, 6.45) is 0. The van der Waals surface area contributed by atoms with Gasteiger partial charge in [-0.25, -0.2) is 12.8 Å². The van der Waals surface area contributed by atoms with Crippen molar-refractivity contribution >= 4 is 27.3 Å². The number of hydrogen-bond acceptors (Lipinski definition) is 2. The molecular weight excluding hydrogens is 301 g/mol. The van der Waals surface area contributed by atoms with Crippen LogP contribution in [0.15, 0.2) is 41.3 Å². The molecule has 0 spiro atoms. The number of benzene rings is 2. The van der Waals surface area contributed by atoms with Crippen molar-refractivity contribution in [3.8, 4) is 0 Å². The van der Waals surface area contributed by atoms with Gasteiger partial charge < -0.3 is 0 Å². The fourth-order valence-electron chi connectivity index (χ4n) is 1.74. The summed E-state index contributed by atoms with van der Waals surface area (Å²) >= 11 is 5.79. The monoisotopic (exact) mass is 313 g/mol. The summed E-state index contributed by atoms with van der Waals surface area (Å²) in [5.74, 6) is -0.583. The summed E-state index contributed by atoms with van der Waals surface area (Å²) < 4.78 is 40.0. The summed E-state index contributed by atoms with van der Waals surface area (Å²) in [6, 6.07) is 8.61. The van der Waals surface area contributed by atoms with Gasteiger partial charge in [-0.1, -0.05) is 23.7 Å². The molecule has 20 heavy (non-hydrogen) atoms. The van der Waals surface area contributed by atoms with Crippen molar-refractivity contribution in [1.29, 1.82) is 0 Å². The summed E-state index contributed by atoms with van der Waals surface area (Å²) in [7, 11) is -3.85. The second-order valence-corrected chi connectivity index (χ2v) is 6.56. The van der Waals surface area contributed by atoms with E-state index < -0.39 is 15.8 Å². The van der Waals surface area contributed by atoms with Gasteiger partial charge in [0.05, 0.1) is 10.7 Å². The molecule has 0 atom stereocenters. The van der Waals surface area contributed by atoms with Crippen molar-refractivity contribution in [3.63, 3.8) is 0 Å². The van der Waals surface area contributed by atoms with Crippen LogP contribution in [0.1, 0.15) is 11.1 Å². The van der Waals surface area contributed by atoms with Crippen molar-refractivity contribution < 1.29 is 12.8 Å². The lowest BCUT2D eigenvalue weighted by molar-refractivity contribution is 0.599. The normalized spacial score (nSPS) is 11.4. The maximum absolute atomic E-state index is 13.0. The molecule has 0 aromatic heterocycles. The zero-order valence-electron chi connectivity index (χ0n) is 10.9. The van der Waals surface area contributed by atoms with E-state index in [2.05, 4.69) is 4.72 Å².